The zero-order chi connectivity index (χ0) is 20.6. The van der Waals surface area contributed by atoms with Crippen molar-refractivity contribution in [2.45, 2.75) is 70.1 Å². The standard InChI is InChI=1S/C17H31N5O5/c1-10(20-14(23)12(19)6-3-4-8-18)16(25)22-9-5-7-13(22)15(24)21-11(2)17(26)27/h10-13H,3-9,18-19H2,1-2H3,(H,20,23)(H,21,24)(H,26,27). The highest BCUT2D eigenvalue weighted by molar-refractivity contribution is 5.94. The summed E-state index contributed by atoms with van der Waals surface area (Å²) in [6.07, 6.45) is 3.05. The van der Waals surface area contributed by atoms with Gasteiger partial charge in [-0.1, -0.05) is 6.42 Å². The van der Waals surface area contributed by atoms with Crippen LogP contribution >= 0.6 is 0 Å². The summed E-state index contributed by atoms with van der Waals surface area (Å²) < 4.78 is 0. The molecule has 27 heavy (non-hydrogen) atoms. The van der Waals surface area contributed by atoms with Gasteiger partial charge in [0.2, 0.25) is 17.7 Å². The highest BCUT2D eigenvalue weighted by Crippen LogP contribution is 2.19. The fraction of sp³-hybridized carbons (Fsp3) is 0.765. The molecule has 1 rings (SSSR count). The average molecular weight is 385 g/mol. The van der Waals surface area contributed by atoms with Crippen LogP contribution < -0.4 is 22.1 Å². The molecule has 1 aliphatic heterocycles. The molecule has 10 nitrogen and oxygen atoms in total. The summed E-state index contributed by atoms with van der Waals surface area (Å²) in [6, 6.07) is -3.33. The summed E-state index contributed by atoms with van der Waals surface area (Å²) >= 11 is 0. The second-order valence-electron chi connectivity index (χ2n) is 6.88. The molecule has 154 valence electrons. The third-order valence-corrected chi connectivity index (χ3v) is 4.60. The number of likely N-dealkylation sites (tertiary alicyclic amines) is 1. The number of carbonyl (C=O) groups is 4. The quantitative estimate of drug-likeness (QED) is 0.286. The van der Waals surface area contributed by atoms with Crippen molar-refractivity contribution in [1.29, 1.82) is 0 Å². The van der Waals surface area contributed by atoms with E-state index in [2.05, 4.69) is 10.6 Å². The predicted octanol–water partition coefficient (Wildman–Crippen LogP) is -1.47. The Morgan fingerprint density at radius 3 is 2.41 bits per heavy atom. The predicted molar refractivity (Wildman–Crippen MR) is 98.5 cm³/mol. The lowest BCUT2D eigenvalue weighted by atomic mass is 10.1. The Kier molecular flexibility index (Phi) is 9.16. The second-order valence-corrected chi connectivity index (χ2v) is 6.88. The summed E-state index contributed by atoms with van der Waals surface area (Å²) in [5.41, 5.74) is 11.2. The molecule has 0 aromatic heterocycles. The highest BCUT2D eigenvalue weighted by Gasteiger charge is 2.37. The van der Waals surface area contributed by atoms with Gasteiger partial charge in [-0.3, -0.25) is 19.2 Å². The molecule has 0 radical (unpaired) electrons. The van der Waals surface area contributed by atoms with Crippen LogP contribution in [0.15, 0.2) is 0 Å². The zero-order valence-electron chi connectivity index (χ0n) is 15.9. The summed E-state index contributed by atoms with van der Waals surface area (Å²) in [5, 5.41) is 13.9. The fourth-order valence-corrected chi connectivity index (χ4v) is 2.94. The summed E-state index contributed by atoms with van der Waals surface area (Å²) in [4.78, 5) is 49.3. The average Bonchev–Trinajstić information content (AvgIpc) is 3.10. The van der Waals surface area contributed by atoms with Gasteiger partial charge in [-0.25, -0.2) is 0 Å². The molecule has 3 amide bonds. The van der Waals surface area contributed by atoms with Gasteiger partial charge in [-0.05, 0) is 46.1 Å². The Morgan fingerprint density at radius 1 is 1.15 bits per heavy atom. The van der Waals surface area contributed by atoms with Crippen LogP contribution in [0, 0.1) is 0 Å². The number of carboxylic acid groups (broad SMARTS) is 1. The molecule has 0 saturated carbocycles. The Bertz CT molecular complexity index is 556. The van der Waals surface area contributed by atoms with E-state index in [4.69, 9.17) is 16.6 Å². The summed E-state index contributed by atoms with van der Waals surface area (Å²) in [5.74, 6) is -2.47. The van der Waals surface area contributed by atoms with E-state index >= 15 is 0 Å². The molecule has 0 aliphatic carbocycles. The van der Waals surface area contributed by atoms with Gasteiger partial charge in [0, 0.05) is 6.54 Å². The number of unbranched alkanes of at least 4 members (excludes halogenated alkanes) is 1. The van der Waals surface area contributed by atoms with E-state index in [1.165, 1.54) is 11.8 Å². The van der Waals surface area contributed by atoms with Gasteiger partial charge < -0.3 is 32.1 Å². The normalized spacial score (nSPS) is 19.9. The number of carbonyl (C=O) groups excluding carboxylic acids is 3. The fourth-order valence-electron chi connectivity index (χ4n) is 2.94. The van der Waals surface area contributed by atoms with Crippen LogP contribution in [0.2, 0.25) is 0 Å². The number of amides is 3. The van der Waals surface area contributed by atoms with Crippen molar-refractivity contribution in [1.82, 2.24) is 15.5 Å². The first-order valence-electron chi connectivity index (χ1n) is 9.28. The van der Waals surface area contributed by atoms with E-state index < -0.39 is 47.9 Å². The molecule has 4 unspecified atom stereocenters. The first kappa shape index (κ1) is 22.8. The monoisotopic (exact) mass is 385 g/mol. The second kappa shape index (κ2) is 10.8. The van der Waals surface area contributed by atoms with Gasteiger partial charge in [0.05, 0.1) is 6.04 Å². The van der Waals surface area contributed by atoms with Crippen LogP contribution in [0.4, 0.5) is 0 Å². The molecular weight excluding hydrogens is 354 g/mol. The maximum absolute atomic E-state index is 12.7. The van der Waals surface area contributed by atoms with Crippen molar-refractivity contribution in [2.24, 2.45) is 11.5 Å². The molecular formula is C17H31N5O5. The van der Waals surface area contributed by atoms with Gasteiger partial charge in [0.1, 0.15) is 18.1 Å². The van der Waals surface area contributed by atoms with Crippen LogP contribution in [0.1, 0.15) is 46.0 Å². The smallest absolute Gasteiger partial charge is 0.325 e. The van der Waals surface area contributed by atoms with Crippen LogP contribution in [-0.2, 0) is 19.2 Å². The minimum Gasteiger partial charge on any atom is -0.480 e. The van der Waals surface area contributed by atoms with Gasteiger partial charge in [-0.15, -0.1) is 0 Å². The number of nitrogens with two attached hydrogens (primary N) is 2. The lowest BCUT2D eigenvalue weighted by Crippen LogP contribution is -2.55. The molecule has 1 fully saturated rings. The van der Waals surface area contributed by atoms with E-state index in [1.807, 2.05) is 0 Å². The summed E-state index contributed by atoms with van der Waals surface area (Å²) in [7, 11) is 0. The Hall–Kier alpha value is -2.20. The van der Waals surface area contributed by atoms with Crippen molar-refractivity contribution in [2.75, 3.05) is 13.1 Å². The summed E-state index contributed by atoms with van der Waals surface area (Å²) in [6.45, 7) is 3.81. The third-order valence-electron chi connectivity index (χ3n) is 4.60. The molecule has 7 N–H and O–H groups in total. The SMILES string of the molecule is CC(NC(=O)C1CCCN1C(=O)C(C)NC(=O)C(N)CCCCN)C(=O)O. The van der Waals surface area contributed by atoms with Gasteiger partial charge in [0.25, 0.3) is 0 Å². The van der Waals surface area contributed by atoms with E-state index in [1.54, 1.807) is 6.92 Å². The minimum absolute atomic E-state index is 0.376. The van der Waals surface area contributed by atoms with Crippen molar-refractivity contribution in [3.8, 4) is 0 Å². The van der Waals surface area contributed by atoms with E-state index in [0.29, 0.717) is 32.4 Å². The van der Waals surface area contributed by atoms with Gasteiger partial charge in [0.15, 0.2) is 0 Å². The number of nitrogens with zero attached hydrogens (tertiary/aromatic N) is 1. The van der Waals surface area contributed by atoms with Crippen molar-refractivity contribution in [3.63, 3.8) is 0 Å². The minimum atomic E-state index is -1.15. The van der Waals surface area contributed by atoms with Crippen molar-refractivity contribution >= 4 is 23.7 Å². The number of hydrogen-bond donors (Lipinski definition) is 5. The van der Waals surface area contributed by atoms with Gasteiger partial charge >= 0.3 is 5.97 Å². The lowest BCUT2D eigenvalue weighted by molar-refractivity contribution is -0.144. The number of nitrogens with one attached hydrogen (secondary N) is 2. The number of hydrogen-bond acceptors (Lipinski definition) is 6. The molecule has 0 spiro atoms. The highest BCUT2D eigenvalue weighted by atomic mass is 16.4. The Balaban J connectivity index is 2.61. The van der Waals surface area contributed by atoms with E-state index in [0.717, 1.165) is 12.8 Å². The maximum Gasteiger partial charge on any atom is 0.325 e. The third kappa shape index (κ3) is 6.79. The molecule has 1 saturated heterocycles. The van der Waals surface area contributed by atoms with Crippen LogP contribution in [0.5, 0.6) is 0 Å². The molecule has 10 heteroatoms. The van der Waals surface area contributed by atoms with E-state index in [-0.39, 0.29) is 0 Å². The number of aliphatic carboxylic acids is 1. The van der Waals surface area contributed by atoms with Crippen LogP contribution in [0.25, 0.3) is 0 Å². The number of carboxylic acids is 1. The molecule has 0 aromatic carbocycles. The van der Waals surface area contributed by atoms with Crippen LogP contribution in [-0.4, -0.2) is 71.0 Å². The van der Waals surface area contributed by atoms with Crippen molar-refractivity contribution < 1.29 is 24.3 Å². The molecule has 0 aromatic rings. The van der Waals surface area contributed by atoms with Crippen LogP contribution in [0.3, 0.4) is 0 Å². The lowest BCUT2D eigenvalue weighted by Gasteiger charge is -2.28. The Morgan fingerprint density at radius 2 is 1.81 bits per heavy atom. The van der Waals surface area contributed by atoms with Gasteiger partial charge in [-0.2, -0.15) is 0 Å². The first-order valence-corrected chi connectivity index (χ1v) is 9.28. The first-order chi connectivity index (χ1) is 12.7. The maximum atomic E-state index is 12.7. The molecule has 0 bridgehead atoms. The molecule has 1 heterocycles. The topological polar surface area (TPSA) is 168 Å². The Labute approximate surface area is 159 Å². The van der Waals surface area contributed by atoms with Crippen molar-refractivity contribution in [3.05, 3.63) is 0 Å². The zero-order valence-corrected chi connectivity index (χ0v) is 15.9. The molecule has 4 atom stereocenters. The molecule has 1 aliphatic rings. The largest absolute Gasteiger partial charge is 0.480 e. The number of rotatable bonds is 10. The van der Waals surface area contributed by atoms with E-state index in [9.17, 15) is 19.2 Å².